The van der Waals surface area contributed by atoms with Gasteiger partial charge >= 0.3 is 0 Å². The van der Waals surface area contributed by atoms with Gasteiger partial charge in [-0.2, -0.15) is 14.9 Å². The first kappa shape index (κ1) is 19.1. The lowest BCUT2D eigenvalue weighted by Crippen LogP contribution is -2.02. The highest BCUT2D eigenvalue weighted by Crippen LogP contribution is 2.31. The largest absolute Gasteiger partial charge is 0.493 e. The third kappa shape index (κ3) is 4.37. The summed E-state index contributed by atoms with van der Waals surface area (Å²) in [4.78, 5) is 0. The van der Waals surface area contributed by atoms with E-state index in [0.717, 1.165) is 17.0 Å². The average Bonchev–Trinajstić information content (AvgIpc) is 3.05. The number of ether oxygens (including phenoxy) is 2. The molecule has 0 saturated heterocycles. The van der Waals surface area contributed by atoms with Crippen LogP contribution in [0.4, 0.5) is 0 Å². The normalized spacial score (nSPS) is 11.1. The Kier molecular flexibility index (Phi) is 6.26. The van der Waals surface area contributed by atoms with Crippen molar-refractivity contribution in [3.05, 3.63) is 69.2 Å². The van der Waals surface area contributed by atoms with E-state index in [1.807, 2.05) is 49.4 Å². The van der Waals surface area contributed by atoms with Crippen molar-refractivity contribution < 1.29 is 9.47 Å². The summed E-state index contributed by atoms with van der Waals surface area (Å²) in [6, 6.07) is 13.2. The van der Waals surface area contributed by atoms with Crippen LogP contribution in [-0.2, 0) is 13.0 Å². The Morgan fingerprint density at radius 3 is 2.81 bits per heavy atom. The fourth-order valence-corrected chi connectivity index (χ4v) is 2.90. The Bertz CT molecular complexity index is 1010. The Balaban J connectivity index is 1.92. The van der Waals surface area contributed by atoms with E-state index >= 15 is 0 Å². The number of halogens is 1. The molecule has 3 rings (SSSR count). The van der Waals surface area contributed by atoms with Gasteiger partial charge in [-0.25, -0.2) is 0 Å². The summed E-state index contributed by atoms with van der Waals surface area (Å²) in [6.07, 6.45) is 2.38. The van der Waals surface area contributed by atoms with Crippen LogP contribution in [0.3, 0.4) is 0 Å². The lowest BCUT2D eigenvalue weighted by molar-refractivity contribution is 0.284. The molecule has 0 fully saturated rings. The summed E-state index contributed by atoms with van der Waals surface area (Å²) in [5, 5.41) is 12.0. The van der Waals surface area contributed by atoms with E-state index in [-0.39, 0.29) is 0 Å². The highest BCUT2D eigenvalue weighted by atomic mass is 35.5. The molecule has 1 N–H and O–H groups in total. The molecule has 27 heavy (non-hydrogen) atoms. The maximum absolute atomic E-state index is 6.22. The standard InChI is InChI=1S/C19H19ClN4O2S/c1-3-17-22-23-19(27)24(17)21-11-13-8-6-10-16(25-2)18(13)26-12-14-7-4-5-9-15(14)20/h4-11H,3,12H2,1-2H3,(H,23,27)/b21-11+. The lowest BCUT2D eigenvalue weighted by Gasteiger charge is -2.13. The van der Waals surface area contributed by atoms with Gasteiger partial charge in [0.1, 0.15) is 6.61 Å². The van der Waals surface area contributed by atoms with Gasteiger partial charge < -0.3 is 9.47 Å². The van der Waals surface area contributed by atoms with Crippen LogP contribution < -0.4 is 9.47 Å². The number of aromatic nitrogens is 3. The SMILES string of the molecule is CCc1n[nH]c(=S)n1/N=C/c1cccc(OC)c1OCc1ccccc1Cl. The van der Waals surface area contributed by atoms with Crippen molar-refractivity contribution in [2.45, 2.75) is 20.0 Å². The number of nitrogens with zero attached hydrogens (tertiary/aromatic N) is 3. The monoisotopic (exact) mass is 402 g/mol. The van der Waals surface area contributed by atoms with Gasteiger partial charge in [0, 0.05) is 22.6 Å². The first-order valence-corrected chi connectivity index (χ1v) is 9.16. The third-order valence-corrected chi connectivity index (χ3v) is 4.54. The van der Waals surface area contributed by atoms with E-state index in [4.69, 9.17) is 33.3 Å². The summed E-state index contributed by atoms with van der Waals surface area (Å²) in [5.74, 6) is 1.94. The quantitative estimate of drug-likeness (QED) is 0.462. The molecule has 0 atom stereocenters. The van der Waals surface area contributed by atoms with Crippen LogP contribution in [0.5, 0.6) is 11.5 Å². The Morgan fingerprint density at radius 2 is 2.07 bits per heavy atom. The second-order valence-electron chi connectivity index (χ2n) is 5.61. The molecule has 0 aliphatic rings. The smallest absolute Gasteiger partial charge is 0.216 e. The zero-order valence-corrected chi connectivity index (χ0v) is 16.5. The van der Waals surface area contributed by atoms with Gasteiger partial charge in [-0.1, -0.05) is 42.8 Å². The van der Waals surface area contributed by atoms with Crippen LogP contribution in [0.25, 0.3) is 0 Å². The van der Waals surface area contributed by atoms with Crippen molar-refractivity contribution in [3.8, 4) is 11.5 Å². The molecule has 0 aliphatic carbocycles. The van der Waals surface area contributed by atoms with Crippen LogP contribution >= 0.6 is 23.8 Å². The van der Waals surface area contributed by atoms with Gasteiger partial charge in [0.2, 0.25) is 4.77 Å². The summed E-state index contributed by atoms with van der Waals surface area (Å²) < 4.78 is 13.5. The van der Waals surface area contributed by atoms with E-state index < -0.39 is 0 Å². The molecule has 6 nitrogen and oxygen atoms in total. The second kappa shape index (κ2) is 8.83. The molecular formula is C19H19ClN4O2S. The Hall–Kier alpha value is -2.64. The topological polar surface area (TPSA) is 64.4 Å². The number of para-hydroxylation sites is 1. The molecule has 0 amide bonds. The van der Waals surface area contributed by atoms with Crippen molar-refractivity contribution in [2.24, 2.45) is 5.10 Å². The molecule has 3 aromatic rings. The summed E-state index contributed by atoms with van der Waals surface area (Å²) in [7, 11) is 1.60. The third-order valence-electron chi connectivity index (χ3n) is 3.91. The fourth-order valence-electron chi connectivity index (χ4n) is 2.51. The number of hydrogen-bond donors (Lipinski definition) is 1. The van der Waals surface area contributed by atoms with E-state index in [0.29, 0.717) is 34.3 Å². The van der Waals surface area contributed by atoms with Crippen molar-refractivity contribution in [3.63, 3.8) is 0 Å². The number of benzene rings is 2. The first-order chi connectivity index (χ1) is 13.1. The molecule has 0 spiro atoms. The zero-order valence-electron chi connectivity index (χ0n) is 15.0. The number of H-pyrrole nitrogens is 1. The molecule has 1 aromatic heterocycles. The summed E-state index contributed by atoms with van der Waals surface area (Å²) in [5.41, 5.74) is 1.64. The van der Waals surface area contributed by atoms with E-state index in [2.05, 4.69) is 15.3 Å². The molecule has 1 heterocycles. The Labute approximate surface area is 167 Å². The van der Waals surface area contributed by atoms with Gasteiger partial charge in [0.05, 0.1) is 13.3 Å². The average molecular weight is 403 g/mol. The van der Waals surface area contributed by atoms with Crippen LogP contribution in [0, 0.1) is 4.77 Å². The van der Waals surface area contributed by atoms with Gasteiger partial charge in [-0.05, 0) is 30.4 Å². The maximum atomic E-state index is 6.22. The van der Waals surface area contributed by atoms with Crippen LogP contribution in [-0.4, -0.2) is 28.2 Å². The minimum absolute atomic E-state index is 0.312. The predicted molar refractivity (Wildman–Crippen MR) is 109 cm³/mol. The highest BCUT2D eigenvalue weighted by molar-refractivity contribution is 7.71. The number of rotatable bonds is 7. The number of hydrogen-bond acceptors (Lipinski definition) is 5. The van der Waals surface area contributed by atoms with Gasteiger partial charge in [-0.15, -0.1) is 0 Å². The zero-order chi connectivity index (χ0) is 19.2. The molecule has 0 radical (unpaired) electrons. The van der Waals surface area contributed by atoms with Crippen LogP contribution in [0.2, 0.25) is 5.02 Å². The van der Waals surface area contributed by atoms with E-state index in [1.54, 1.807) is 18.0 Å². The molecule has 8 heteroatoms. The number of methoxy groups -OCH3 is 1. The molecule has 0 bridgehead atoms. The second-order valence-corrected chi connectivity index (χ2v) is 6.41. The molecule has 0 aliphatic heterocycles. The maximum Gasteiger partial charge on any atom is 0.216 e. The van der Waals surface area contributed by atoms with E-state index in [1.165, 1.54) is 0 Å². The first-order valence-electron chi connectivity index (χ1n) is 8.38. The summed E-state index contributed by atoms with van der Waals surface area (Å²) in [6.45, 7) is 2.30. The van der Waals surface area contributed by atoms with Gasteiger partial charge in [0.15, 0.2) is 17.3 Å². The predicted octanol–water partition coefficient (Wildman–Crippen LogP) is 4.63. The summed E-state index contributed by atoms with van der Waals surface area (Å²) >= 11 is 11.4. The number of aromatic amines is 1. The van der Waals surface area contributed by atoms with Crippen molar-refractivity contribution in [1.29, 1.82) is 0 Å². The molecule has 0 unspecified atom stereocenters. The van der Waals surface area contributed by atoms with E-state index in [9.17, 15) is 0 Å². The molecule has 2 aromatic carbocycles. The Morgan fingerprint density at radius 1 is 1.26 bits per heavy atom. The van der Waals surface area contributed by atoms with Gasteiger partial charge in [0.25, 0.3) is 0 Å². The lowest BCUT2D eigenvalue weighted by atomic mass is 10.2. The van der Waals surface area contributed by atoms with Crippen molar-refractivity contribution in [1.82, 2.24) is 14.9 Å². The van der Waals surface area contributed by atoms with Crippen LogP contribution in [0.1, 0.15) is 23.9 Å². The van der Waals surface area contributed by atoms with Crippen LogP contribution in [0.15, 0.2) is 47.6 Å². The number of aryl methyl sites for hydroxylation is 1. The minimum Gasteiger partial charge on any atom is -0.493 e. The molecule has 0 saturated carbocycles. The molecule has 140 valence electrons. The van der Waals surface area contributed by atoms with Gasteiger partial charge in [-0.3, -0.25) is 5.10 Å². The number of nitrogens with one attached hydrogen (secondary N) is 1. The van der Waals surface area contributed by atoms with Crippen molar-refractivity contribution in [2.75, 3.05) is 7.11 Å². The highest BCUT2D eigenvalue weighted by Gasteiger charge is 2.11. The fraction of sp³-hybridized carbons (Fsp3) is 0.211. The van der Waals surface area contributed by atoms with Crippen molar-refractivity contribution >= 4 is 30.0 Å². The molecular weight excluding hydrogens is 384 g/mol. The minimum atomic E-state index is 0.312.